The first-order valence-electron chi connectivity index (χ1n) is 6.57. The van der Waals surface area contributed by atoms with Crippen molar-refractivity contribution in [2.75, 3.05) is 0 Å². The summed E-state index contributed by atoms with van der Waals surface area (Å²) in [4.78, 5) is 0. The fourth-order valence-electron chi connectivity index (χ4n) is 1.97. The van der Waals surface area contributed by atoms with Crippen LogP contribution in [0.25, 0.3) is 0 Å². The fraction of sp³-hybridized carbons (Fsp3) is 0. The molecule has 3 rings (SSSR count). The summed E-state index contributed by atoms with van der Waals surface area (Å²) in [7, 11) is -0.827. The number of rotatable bonds is 4. The Morgan fingerprint density at radius 2 is 0.905 bits per heavy atom. The van der Waals surface area contributed by atoms with Gasteiger partial charge in [-0.1, -0.05) is 78.9 Å². The zero-order valence-corrected chi connectivity index (χ0v) is 13.8. The normalized spacial score (nSPS) is 9.95. The van der Waals surface area contributed by atoms with Gasteiger partial charge in [-0.2, -0.15) is 0 Å². The second kappa shape index (κ2) is 8.11. The molecule has 1 nitrogen and oxygen atoms in total. The molecule has 0 aliphatic carbocycles. The Labute approximate surface area is 140 Å². The molecule has 0 bridgehead atoms. The first-order chi connectivity index (χ1) is 9.93. The molecule has 3 aromatic carbocycles. The van der Waals surface area contributed by atoms with Gasteiger partial charge < -0.3 is 4.52 Å². The third kappa shape index (κ3) is 4.26. The molecule has 0 saturated carbocycles. The van der Waals surface area contributed by atoms with E-state index < -0.39 is 8.15 Å². The van der Waals surface area contributed by atoms with Crippen molar-refractivity contribution in [2.45, 2.75) is 0 Å². The number of hydrogen-bond donors (Lipinski definition) is 0. The molecule has 0 heterocycles. The number of hydrogen-bond acceptors (Lipinski definition) is 1. The first kappa shape index (κ1) is 15.9. The van der Waals surface area contributed by atoms with Crippen LogP contribution >= 0.6 is 8.15 Å². The quantitative estimate of drug-likeness (QED) is 0.486. The first-order valence-corrected chi connectivity index (χ1v) is 7.83. The molecular formula is C18H15OPPd. The predicted molar refractivity (Wildman–Crippen MR) is 86.1 cm³/mol. The zero-order chi connectivity index (χ0) is 13.6. The van der Waals surface area contributed by atoms with E-state index in [2.05, 4.69) is 48.5 Å². The summed E-state index contributed by atoms with van der Waals surface area (Å²) in [5.41, 5.74) is 0. The second-order valence-corrected chi connectivity index (χ2v) is 6.17. The van der Waals surface area contributed by atoms with Gasteiger partial charge in [0.15, 0.2) is 8.15 Å². The minimum atomic E-state index is -0.827. The molecule has 0 spiro atoms. The van der Waals surface area contributed by atoms with E-state index in [4.69, 9.17) is 4.52 Å². The van der Waals surface area contributed by atoms with Crippen molar-refractivity contribution >= 4 is 18.8 Å². The Balaban J connectivity index is 0.00000161. The van der Waals surface area contributed by atoms with Crippen molar-refractivity contribution in [3.63, 3.8) is 0 Å². The van der Waals surface area contributed by atoms with E-state index in [1.807, 2.05) is 42.5 Å². The predicted octanol–water partition coefficient (Wildman–Crippen LogP) is 4.11. The van der Waals surface area contributed by atoms with E-state index in [1.54, 1.807) is 0 Å². The smallest absolute Gasteiger partial charge is 0.150 e. The van der Waals surface area contributed by atoms with Crippen molar-refractivity contribution in [1.29, 1.82) is 0 Å². The molecule has 0 aliphatic rings. The summed E-state index contributed by atoms with van der Waals surface area (Å²) in [6.45, 7) is 0. The van der Waals surface area contributed by atoms with E-state index in [1.165, 1.54) is 10.6 Å². The molecule has 0 unspecified atom stereocenters. The fourth-order valence-corrected chi connectivity index (χ4v) is 3.70. The summed E-state index contributed by atoms with van der Waals surface area (Å²) >= 11 is 0. The van der Waals surface area contributed by atoms with Crippen molar-refractivity contribution in [3.05, 3.63) is 91.0 Å². The van der Waals surface area contributed by atoms with Crippen molar-refractivity contribution < 1.29 is 24.9 Å². The topological polar surface area (TPSA) is 9.23 Å². The van der Waals surface area contributed by atoms with Gasteiger partial charge in [-0.25, -0.2) is 0 Å². The van der Waals surface area contributed by atoms with Gasteiger partial charge in [-0.3, -0.25) is 0 Å². The van der Waals surface area contributed by atoms with Crippen LogP contribution in [-0.4, -0.2) is 0 Å². The summed E-state index contributed by atoms with van der Waals surface area (Å²) in [5, 5.41) is 2.44. The van der Waals surface area contributed by atoms with Crippen molar-refractivity contribution in [3.8, 4) is 5.75 Å². The van der Waals surface area contributed by atoms with Crippen molar-refractivity contribution in [1.82, 2.24) is 0 Å². The van der Waals surface area contributed by atoms with Crippen LogP contribution in [0.15, 0.2) is 91.0 Å². The number of benzene rings is 3. The van der Waals surface area contributed by atoms with E-state index >= 15 is 0 Å². The minimum Gasteiger partial charge on any atom is -0.464 e. The molecule has 0 saturated heterocycles. The second-order valence-electron chi connectivity index (χ2n) is 4.37. The summed E-state index contributed by atoms with van der Waals surface area (Å²) in [6, 6.07) is 30.8. The van der Waals surface area contributed by atoms with E-state index in [9.17, 15) is 0 Å². The van der Waals surface area contributed by atoms with Gasteiger partial charge in [0.05, 0.1) is 0 Å². The standard InChI is InChI=1S/C18H15OP.Pd/c1-4-10-16(11-5-1)19-20(17-12-6-2-7-13-17)18-14-8-3-9-15-18;/h1-15H;. The third-order valence-electron chi connectivity index (χ3n) is 2.92. The summed E-state index contributed by atoms with van der Waals surface area (Å²) in [5.74, 6) is 0.909. The number of para-hydroxylation sites is 1. The maximum atomic E-state index is 6.25. The maximum absolute atomic E-state index is 6.25. The van der Waals surface area contributed by atoms with Crippen molar-refractivity contribution in [2.24, 2.45) is 0 Å². The molecule has 0 radical (unpaired) electrons. The molecule has 21 heavy (non-hydrogen) atoms. The maximum Gasteiger partial charge on any atom is 0.150 e. The molecule has 0 aromatic heterocycles. The summed E-state index contributed by atoms with van der Waals surface area (Å²) < 4.78 is 6.25. The van der Waals surface area contributed by atoms with E-state index in [-0.39, 0.29) is 20.4 Å². The van der Waals surface area contributed by atoms with Gasteiger partial charge in [0.25, 0.3) is 0 Å². The zero-order valence-electron chi connectivity index (χ0n) is 11.3. The molecular weight excluding hydrogens is 370 g/mol. The van der Waals surface area contributed by atoms with Crippen LogP contribution in [0.5, 0.6) is 5.75 Å². The van der Waals surface area contributed by atoms with Crippen LogP contribution in [0.4, 0.5) is 0 Å². The molecule has 3 aromatic rings. The monoisotopic (exact) mass is 384 g/mol. The van der Waals surface area contributed by atoms with Gasteiger partial charge in [-0.15, -0.1) is 0 Å². The van der Waals surface area contributed by atoms with Crippen LogP contribution in [-0.2, 0) is 20.4 Å². The van der Waals surface area contributed by atoms with Gasteiger partial charge in [-0.05, 0) is 12.1 Å². The van der Waals surface area contributed by atoms with Crippen LogP contribution in [0.3, 0.4) is 0 Å². The van der Waals surface area contributed by atoms with Gasteiger partial charge >= 0.3 is 0 Å². The van der Waals surface area contributed by atoms with Crippen LogP contribution in [0.2, 0.25) is 0 Å². The Morgan fingerprint density at radius 1 is 0.524 bits per heavy atom. The molecule has 0 atom stereocenters. The Hall–Kier alpha value is -1.45. The SMILES string of the molecule is [Pd].c1ccc(OP(c2ccccc2)c2ccccc2)cc1. The molecule has 0 N–H and O–H groups in total. The average Bonchev–Trinajstić information content (AvgIpc) is 2.55. The molecule has 0 fully saturated rings. The minimum absolute atomic E-state index is 0. The molecule has 0 aliphatic heterocycles. The largest absolute Gasteiger partial charge is 0.464 e. The van der Waals surface area contributed by atoms with Crippen LogP contribution < -0.4 is 15.1 Å². The Morgan fingerprint density at radius 3 is 1.33 bits per heavy atom. The van der Waals surface area contributed by atoms with E-state index in [0.717, 1.165) is 5.75 Å². The Bertz CT molecular complexity index is 604. The Kier molecular flexibility index (Phi) is 6.15. The van der Waals surface area contributed by atoms with E-state index in [0.29, 0.717) is 0 Å². The molecule has 0 amide bonds. The van der Waals surface area contributed by atoms with Gasteiger partial charge in [0, 0.05) is 31.0 Å². The van der Waals surface area contributed by atoms with Gasteiger partial charge in [0.2, 0.25) is 0 Å². The van der Waals surface area contributed by atoms with Gasteiger partial charge in [0.1, 0.15) is 5.75 Å². The molecule has 108 valence electrons. The molecule has 3 heteroatoms. The van der Waals surface area contributed by atoms with Crippen LogP contribution in [0.1, 0.15) is 0 Å². The summed E-state index contributed by atoms with van der Waals surface area (Å²) in [6.07, 6.45) is 0. The third-order valence-corrected chi connectivity index (χ3v) is 4.85. The average molecular weight is 385 g/mol. The van der Waals surface area contributed by atoms with Crippen LogP contribution in [0, 0.1) is 0 Å².